The van der Waals surface area contributed by atoms with Gasteiger partial charge in [0.1, 0.15) is 19.8 Å². The minimum absolute atomic E-state index is 0.00797. The summed E-state index contributed by atoms with van der Waals surface area (Å²) in [5.41, 5.74) is 0. The quantitative estimate of drug-likeness (QED) is 0.00886. The van der Waals surface area contributed by atoms with Crippen molar-refractivity contribution in [2.45, 2.75) is 174 Å². The molecular formula is C44H80NO8P. The van der Waals surface area contributed by atoms with Gasteiger partial charge in [-0.1, -0.05) is 121 Å². The van der Waals surface area contributed by atoms with Crippen LogP contribution in [-0.4, -0.2) is 69.8 Å². The SMILES string of the molecule is CCCCC/C=C\C=C\C(=O)CCCCCCCC(=O)O[C@H](CO/C=C/CCCCCCCC/C=C\CCCCCC)COP(=O)([O-])OCC[N+](C)(C)C. The second kappa shape index (κ2) is 36.6. The number of esters is 1. The van der Waals surface area contributed by atoms with E-state index in [0.29, 0.717) is 23.9 Å². The van der Waals surface area contributed by atoms with E-state index in [1.165, 1.54) is 89.9 Å². The number of hydrogen-bond donors (Lipinski definition) is 0. The van der Waals surface area contributed by atoms with Crippen LogP contribution in [0.1, 0.15) is 168 Å². The number of phosphoric ester groups is 1. The second-order valence-electron chi connectivity index (χ2n) is 15.4. The fraction of sp³-hybridized carbons (Fsp3) is 0.773. The van der Waals surface area contributed by atoms with Crippen LogP contribution in [0.5, 0.6) is 0 Å². The van der Waals surface area contributed by atoms with Gasteiger partial charge < -0.3 is 27.9 Å². The predicted octanol–water partition coefficient (Wildman–Crippen LogP) is 11.3. The number of unbranched alkanes of at least 4 members (excludes halogenated alkanes) is 18. The molecule has 0 amide bonds. The highest BCUT2D eigenvalue weighted by molar-refractivity contribution is 7.45. The number of carbonyl (C=O) groups is 2. The van der Waals surface area contributed by atoms with E-state index in [1.54, 1.807) is 12.3 Å². The Bertz CT molecular complexity index is 1070. The Hall–Kier alpha value is -2.03. The zero-order chi connectivity index (χ0) is 40.0. The minimum atomic E-state index is -4.57. The van der Waals surface area contributed by atoms with Crippen molar-refractivity contribution in [1.82, 2.24) is 0 Å². The molecule has 0 aromatic heterocycles. The van der Waals surface area contributed by atoms with Crippen LogP contribution in [0, 0.1) is 0 Å². The van der Waals surface area contributed by atoms with Gasteiger partial charge in [-0.3, -0.25) is 14.2 Å². The van der Waals surface area contributed by atoms with Crippen molar-refractivity contribution in [3.63, 3.8) is 0 Å². The molecule has 0 radical (unpaired) electrons. The van der Waals surface area contributed by atoms with E-state index in [2.05, 4.69) is 32.1 Å². The van der Waals surface area contributed by atoms with E-state index in [0.717, 1.165) is 44.9 Å². The molecule has 0 aliphatic carbocycles. The summed E-state index contributed by atoms with van der Waals surface area (Å²) in [6, 6.07) is 0. The fourth-order valence-electron chi connectivity index (χ4n) is 5.49. The molecular weight excluding hydrogens is 701 g/mol. The lowest BCUT2D eigenvalue weighted by Gasteiger charge is -2.28. The van der Waals surface area contributed by atoms with Crippen molar-refractivity contribution in [2.75, 3.05) is 47.5 Å². The Morgan fingerprint density at radius 2 is 1.15 bits per heavy atom. The number of phosphoric acid groups is 1. The Morgan fingerprint density at radius 1 is 0.630 bits per heavy atom. The van der Waals surface area contributed by atoms with E-state index in [-0.39, 0.29) is 32.0 Å². The van der Waals surface area contributed by atoms with Gasteiger partial charge in [-0.05, 0) is 76.4 Å². The topological polar surface area (TPSA) is 111 Å². The number of allylic oxidation sites excluding steroid dienone is 7. The average Bonchev–Trinajstić information content (AvgIpc) is 3.11. The predicted molar refractivity (Wildman–Crippen MR) is 222 cm³/mol. The highest BCUT2D eigenvalue weighted by Crippen LogP contribution is 2.38. The summed E-state index contributed by atoms with van der Waals surface area (Å²) in [5.74, 6) is -0.291. The Balaban J connectivity index is 4.41. The van der Waals surface area contributed by atoms with Crippen molar-refractivity contribution < 1.29 is 42.1 Å². The highest BCUT2D eigenvalue weighted by atomic mass is 31.2. The molecule has 0 heterocycles. The van der Waals surface area contributed by atoms with Crippen molar-refractivity contribution in [2.24, 2.45) is 0 Å². The first-order valence-corrected chi connectivity index (χ1v) is 22.8. The van der Waals surface area contributed by atoms with E-state index in [1.807, 2.05) is 39.4 Å². The maximum atomic E-state index is 12.6. The van der Waals surface area contributed by atoms with E-state index in [4.69, 9.17) is 18.5 Å². The number of hydrogen-bond acceptors (Lipinski definition) is 8. The van der Waals surface area contributed by atoms with Gasteiger partial charge in [0, 0.05) is 12.8 Å². The van der Waals surface area contributed by atoms with Gasteiger partial charge in [0.15, 0.2) is 11.9 Å². The van der Waals surface area contributed by atoms with E-state index in [9.17, 15) is 19.0 Å². The molecule has 0 rings (SSSR count). The van der Waals surface area contributed by atoms with Crippen molar-refractivity contribution in [1.29, 1.82) is 0 Å². The smallest absolute Gasteiger partial charge is 0.306 e. The van der Waals surface area contributed by atoms with Gasteiger partial charge in [0.05, 0.1) is 34.0 Å². The summed E-state index contributed by atoms with van der Waals surface area (Å²) >= 11 is 0. The molecule has 0 aromatic carbocycles. The van der Waals surface area contributed by atoms with Gasteiger partial charge >= 0.3 is 5.97 Å². The number of nitrogens with zero attached hydrogens (tertiary/aromatic N) is 1. The van der Waals surface area contributed by atoms with Crippen LogP contribution in [0.2, 0.25) is 0 Å². The zero-order valence-electron chi connectivity index (χ0n) is 35.2. The fourth-order valence-corrected chi connectivity index (χ4v) is 6.21. The van der Waals surface area contributed by atoms with Gasteiger partial charge in [-0.25, -0.2) is 0 Å². The Kier molecular flexibility index (Phi) is 35.2. The van der Waals surface area contributed by atoms with Gasteiger partial charge in [0.25, 0.3) is 7.82 Å². The molecule has 0 spiro atoms. The van der Waals surface area contributed by atoms with Gasteiger partial charge in [0.2, 0.25) is 0 Å². The van der Waals surface area contributed by atoms with Crippen LogP contribution in [0.4, 0.5) is 0 Å². The lowest BCUT2D eigenvalue weighted by molar-refractivity contribution is -0.870. The molecule has 0 aliphatic rings. The van der Waals surface area contributed by atoms with Crippen LogP contribution in [0.25, 0.3) is 0 Å². The third-order valence-corrected chi connectivity index (χ3v) is 9.86. The van der Waals surface area contributed by atoms with Gasteiger partial charge in [-0.15, -0.1) is 0 Å². The Morgan fingerprint density at radius 3 is 1.78 bits per heavy atom. The lowest BCUT2D eigenvalue weighted by Crippen LogP contribution is -2.37. The molecule has 0 N–H and O–H groups in total. The number of likely N-dealkylation sites (N-methyl/N-ethyl adjacent to an activating group) is 1. The first-order valence-electron chi connectivity index (χ1n) is 21.4. The third kappa shape index (κ3) is 39.7. The molecule has 9 nitrogen and oxygen atoms in total. The standard InChI is InChI=1S/C44H80NO8P/c1-6-8-10-12-14-15-16-17-18-19-20-21-22-24-29-33-38-50-40-43(41-52-54(48,49)51-39-37-45(3,4)5)53-44(47)36-32-28-25-27-31-35-42(46)34-30-26-23-13-11-9-7-2/h15-16,23,26,30,33-34,38,43H,6-14,17-22,24-25,27-29,31-32,35-37,39-41H2,1-5H3/b16-15-,26-23-,34-30+,38-33+/t43-/m1/s1. The number of ether oxygens (including phenoxy) is 2. The van der Waals surface area contributed by atoms with Crippen molar-refractivity contribution in [3.05, 3.63) is 48.8 Å². The molecule has 1 unspecified atom stereocenters. The van der Waals surface area contributed by atoms with Crippen LogP contribution < -0.4 is 4.89 Å². The number of carbonyl (C=O) groups excluding carboxylic acids is 2. The summed E-state index contributed by atoms with van der Waals surface area (Å²) in [5, 5.41) is 0. The van der Waals surface area contributed by atoms with Crippen LogP contribution >= 0.6 is 7.82 Å². The molecule has 0 saturated carbocycles. The van der Waals surface area contributed by atoms with Crippen LogP contribution in [0.15, 0.2) is 48.8 Å². The number of quaternary nitrogens is 1. The molecule has 0 aliphatic heterocycles. The summed E-state index contributed by atoms with van der Waals surface area (Å²) in [6.45, 7) is 4.51. The summed E-state index contributed by atoms with van der Waals surface area (Å²) in [6.07, 6.45) is 40.3. The monoisotopic (exact) mass is 782 g/mol. The van der Waals surface area contributed by atoms with Crippen molar-refractivity contribution in [3.8, 4) is 0 Å². The molecule has 2 atom stereocenters. The highest BCUT2D eigenvalue weighted by Gasteiger charge is 2.20. The maximum Gasteiger partial charge on any atom is 0.306 e. The zero-order valence-corrected chi connectivity index (χ0v) is 36.0. The summed E-state index contributed by atoms with van der Waals surface area (Å²) < 4.78 is 34.2. The summed E-state index contributed by atoms with van der Waals surface area (Å²) in [4.78, 5) is 37.0. The molecule has 10 heteroatoms. The number of ketones is 1. The molecule has 0 aromatic rings. The molecule has 0 fully saturated rings. The van der Waals surface area contributed by atoms with Crippen LogP contribution in [0.3, 0.4) is 0 Å². The van der Waals surface area contributed by atoms with Gasteiger partial charge in [-0.2, -0.15) is 0 Å². The lowest BCUT2D eigenvalue weighted by atomic mass is 10.1. The van der Waals surface area contributed by atoms with Crippen LogP contribution in [-0.2, 0) is 32.7 Å². The largest absolute Gasteiger partial charge is 0.756 e. The first kappa shape index (κ1) is 52.0. The third-order valence-electron chi connectivity index (χ3n) is 8.89. The van der Waals surface area contributed by atoms with E-state index < -0.39 is 19.9 Å². The van der Waals surface area contributed by atoms with Crippen molar-refractivity contribution >= 4 is 19.6 Å². The number of rotatable bonds is 39. The normalized spacial score (nSPS) is 14.1. The first-order chi connectivity index (χ1) is 26.0. The minimum Gasteiger partial charge on any atom is -0.756 e. The molecule has 54 heavy (non-hydrogen) atoms. The average molecular weight is 782 g/mol. The molecule has 0 bridgehead atoms. The maximum absolute atomic E-state index is 12.6. The molecule has 314 valence electrons. The molecule has 0 saturated heterocycles. The van der Waals surface area contributed by atoms with E-state index >= 15 is 0 Å². The second-order valence-corrected chi connectivity index (χ2v) is 16.9. The summed E-state index contributed by atoms with van der Waals surface area (Å²) in [7, 11) is 1.24. The Labute approximate surface area is 331 Å².